The molecule has 1 aromatic carbocycles. The molecule has 0 atom stereocenters. The molecule has 1 amide bonds. The zero-order valence-corrected chi connectivity index (χ0v) is 9.60. The number of benzene rings is 1. The van der Waals surface area contributed by atoms with Crippen LogP contribution in [-0.2, 0) is 4.74 Å². The Morgan fingerprint density at radius 2 is 2.00 bits per heavy atom. The van der Waals surface area contributed by atoms with E-state index in [1.54, 1.807) is 12.1 Å². The van der Waals surface area contributed by atoms with Gasteiger partial charge in [0.1, 0.15) is 5.75 Å². The molecule has 0 saturated heterocycles. The normalized spacial score (nSPS) is 10.2. The molecule has 4 nitrogen and oxygen atoms in total. The van der Waals surface area contributed by atoms with Crippen LogP contribution >= 0.6 is 0 Å². The SMILES string of the molecule is CC(C)OCCNC(=O)Oc1ccccc1. The summed E-state index contributed by atoms with van der Waals surface area (Å²) < 4.78 is 10.3. The van der Waals surface area contributed by atoms with Gasteiger partial charge in [-0.15, -0.1) is 0 Å². The van der Waals surface area contributed by atoms with Crippen molar-refractivity contribution in [2.45, 2.75) is 20.0 Å². The standard InChI is InChI=1S/C12H17NO3/c1-10(2)15-9-8-13-12(14)16-11-6-4-3-5-7-11/h3-7,10H,8-9H2,1-2H3,(H,13,14). The molecule has 0 aliphatic rings. The zero-order valence-electron chi connectivity index (χ0n) is 9.60. The van der Waals surface area contributed by atoms with Gasteiger partial charge in [0, 0.05) is 6.54 Å². The smallest absolute Gasteiger partial charge is 0.410 e. The molecule has 16 heavy (non-hydrogen) atoms. The molecule has 0 bridgehead atoms. The van der Waals surface area contributed by atoms with Crippen LogP contribution in [0.25, 0.3) is 0 Å². The maximum atomic E-state index is 11.3. The van der Waals surface area contributed by atoms with Gasteiger partial charge >= 0.3 is 6.09 Å². The molecule has 1 rings (SSSR count). The minimum Gasteiger partial charge on any atom is -0.410 e. The van der Waals surface area contributed by atoms with Crippen LogP contribution in [-0.4, -0.2) is 25.3 Å². The third-order valence-corrected chi connectivity index (χ3v) is 1.78. The van der Waals surface area contributed by atoms with Gasteiger partial charge in [-0.3, -0.25) is 0 Å². The first-order chi connectivity index (χ1) is 7.68. The predicted octanol–water partition coefficient (Wildman–Crippen LogP) is 2.20. The molecular formula is C12H17NO3. The molecule has 0 heterocycles. The maximum absolute atomic E-state index is 11.3. The molecule has 0 aliphatic heterocycles. The van der Waals surface area contributed by atoms with Crippen LogP contribution in [0.3, 0.4) is 0 Å². The molecule has 1 aromatic rings. The van der Waals surface area contributed by atoms with E-state index in [2.05, 4.69) is 5.32 Å². The lowest BCUT2D eigenvalue weighted by molar-refractivity contribution is 0.0805. The quantitative estimate of drug-likeness (QED) is 0.778. The summed E-state index contributed by atoms with van der Waals surface area (Å²) >= 11 is 0. The highest BCUT2D eigenvalue weighted by Crippen LogP contribution is 2.07. The maximum Gasteiger partial charge on any atom is 0.412 e. The van der Waals surface area contributed by atoms with Crippen LogP contribution < -0.4 is 10.1 Å². The Kier molecular flexibility index (Phi) is 5.36. The van der Waals surface area contributed by atoms with Gasteiger partial charge in [0.15, 0.2) is 0 Å². The molecule has 0 aliphatic carbocycles. The lowest BCUT2D eigenvalue weighted by atomic mass is 10.3. The Hall–Kier alpha value is -1.55. The molecule has 0 fully saturated rings. The van der Waals surface area contributed by atoms with Gasteiger partial charge in [0.25, 0.3) is 0 Å². The number of hydrogen-bond donors (Lipinski definition) is 1. The highest BCUT2D eigenvalue weighted by Gasteiger charge is 2.02. The lowest BCUT2D eigenvalue weighted by Gasteiger charge is -2.08. The summed E-state index contributed by atoms with van der Waals surface area (Å²) in [5.41, 5.74) is 0. The van der Waals surface area contributed by atoms with E-state index in [1.807, 2.05) is 32.0 Å². The zero-order chi connectivity index (χ0) is 11.8. The average molecular weight is 223 g/mol. The molecule has 0 saturated carbocycles. The fourth-order valence-electron chi connectivity index (χ4n) is 1.08. The fourth-order valence-corrected chi connectivity index (χ4v) is 1.08. The van der Waals surface area contributed by atoms with Gasteiger partial charge < -0.3 is 14.8 Å². The van der Waals surface area contributed by atoms with E-state index in [1.165, 1.54) is 0 Å². The van der Waals surface area contributed by atoms with E-state index in [9.17, 15) is 4.79 Å². The van der Waals surface area contributed by atoms with E-state index in [-0.39, 0.29) is 6.10 Å². The third-order valence-electron chi connectivity index (χ3n) is 1.78. The first-order valence-electron chi connectivity index (χ1n) is 5.31. The van der Waals surface area contributed by atoms with Gasteiger partial charge in [-0.25, -0.2) is 4.79 Å². The van der Waals surface area contributed by atoms with Crippen LogP contribution in [0.4, 0.5) is 4.79 Å². The number of carbonyl (C=O) groups excluding carboxylic acids is 1. The second kappa shape index (κ2) is 6.85. The molecule has 0 radical (unpaired) electrons. The van der Waals surface area contributed by atoms with Crippen molar-refractivity contribution in [3.8, 4) is 5.75 Å². The number of nitrogens with one attached hydrogen (secondary N) is 1. The van der Waals surface area contributed by atoms with Crippen LogP contribution in [0.15, 0.2) is 30.3 Å². The van der Waals surface area contributed by atoms with E-state index < -0.39 is 6.09 Å². The number of hydrogen-bond acceptors (Lipinski definition) is 3. The van der Waals surface area contributed by atoms with Crippen molar-refractivity contribution in [2.24, 2.45) is 0 Å². The van der Waals surface area contributed by atoms with Crippen molar-refractivity contribution in [1.82, 2.24) is 5.32 Å². The summed E-state index contributed by atoms with van der Waals surface area (Å²) in [6, 6.07) is 8.94. The van der Waals surface area contributed by atoms with E-state index in [0.29, 0.717) is 18.9 Å². The lowest BCUT2D eigenvalue weighted by Crippen LogP contribution is -2.30. The van der Waals surface area contributed by atoms with E-state index in [0.717, 1.165) is 0 Å². The van der Waals surface area contributed by atoms with Gasteiger partial charge in [0.2, 0.25) is 0 Å². The molecule has 1 N–H and O–H groups in total. The minimum absolute atomic E-state index is 0.173. The molecule has 88 valence electrons. The van der Waals surface area contributed by atoms with Gasteiger partial charge in [-0.2, -0.15) is 0 Å². The number of para-hydroxylation sites is 1. The van der Waals surface area contributed by atoms with Crippen LogP contribution in [0.5, 0.6) is 5.75 Å². The number of carbonyl (C=O) groups is 1. The first-order valence-corrected chi connectivity index (χ1v) is 5.31. The molecule has 4 heteroatoms. The fraction of sp³-hybridized carbons (Fsp3) is 0.417. The van der Waals surface area contributed by atoms with E-state index >= 15 is 0 Å². The number of amides is 1. The summed E-state index contributed by atoms with van der Waals surface area (Å²) in [5, 5.41) is 2.60. The molecular weight excluding hydrogens is 206 g/mol. The van der Waals surface area contributed by atoms with Crippen LogP contribution in [0, 0.1) is 0 Å². The van der Waals surface area contributed by atoms with Crippen molar-refractivity contribution < 1.29 is 14.3 Å². The Labute approximate surface area is 95.6 Å². The Balaban J connectivity index is 2.17. The Bertz CT molecular complexity index is 311. The monoisotopic (exact) mass is 223 g/mol. The Morgan fingerprint density at radius 3 is 2.62 bits per heavy atom. The third kappa shape index (κ3) is 5.36. The highest BCUT2D eigenvalue weighted by molar-refractivity contribution is 5.70. The number of rotatable bonds is 5. The first kappa shape index (κ1) is 12.5. The molecule has 0 unspecified atom stereocenters. The second-order valence-electron chi connectivity index (χ2n) is 3.55. The predicted molar refractivity (Wildman–Crippen MR) is 61.6 cm³/mol. The van der Waals surface area contributed by atoms with Crippen molar-refractivity contribution in [1.29, 1.82) is 0 Å². The van der Waals surface area contributed by atoms with E-state index in [4.69, 9.17) is 9.47 Å². The molecule has 0 spiro atoms. The topological polar surface area (TPSA) is 47.6 Å². The van der Waals surface area contributed by atoms with Gasteiger partial charge in [-0.1, -0.05) is 18.2 Å². The van der Waals surface area contributed by atoms with Crippen LogP contribution in [0.1, 0.15) is 13.8 Å². The van der Waals surface area contributed by atoms with Gasteiger partial charge in [-0.05, 0) is 26.0 Å². The Morgan fingerprint density at radius 1 is 1.31 bits per heavy atom. The summed E-state index contributed by atoms with van der Waals surface area (Å²) in [7, 11) is 0. The largest absolute Gasteiger partial charge is 0.412 e. The average Bonchev–Trinajstić information content (AvgIpc) is 2.25. The highest BCUT2D eigenvalue weighted by atomic mass is 16.6. The van der Waals surface area contributed by atoms with Crippen molar-refractivity contribution in [3.63, 3.8) is 0 Å². The summed E-state index contributed by atoms with van der Waals surface area (Å²) in [5.74, 6) is 0.532. The van der Waals surface area contributed by atoms with Crippen molar-refractivity contribution >= 4 is 6.09 Å². The van der Waals surface area contributed by atoms with Crippen molar-refractivity contribution in [2.75, 3.05) is 13.2 Å². The van der Waals surface area contributed by atoms with Gasteiger partial charge in [0.05, 0.1) is 12.7 Å². The molecule has 0 aromatic heterocycles. The summed E-state index contributed by atoms with van der Waals surface area (Å²) in [6.45, 7) is 4.83. The summed E-state index contributed by atoms with van der Waals surface area (Å²) in [4.78, 5) is 11.3. The second-order valence-corrected chi connectivity index (χ2v) is 3.55. The summed E-state index contributed by atoms with van der Waals surface area (Å²) in [6.07, 6.45) is -0.287. The van der Waals surface area contributed by atoms with Crippen LogP contribution in [0.2, 0.25) is 0 Å². The van der Waals surface area contributed by atoms with Crippen molar-refractivity contribution in [3.05, 3.63) is 30.3 Å². The minimum atomic E-state index is -0.460. The number of ether oxygens (including phenoxy) is 2.